The number of pyridine rings is 1. The zero-order valence-corrected chi connectivity index (χ0v) is 14.4. The SMILES string of the molecule is CN1C(=S)N[C@H](c2ccccn2)[C@@H]1c1cccn1-c1ccc(F)cc1. The first-order chi connectivity index (χ1) is 12.1. The molecular formula is C19H17FN4S. The molecule has 3 aromatic rings. The normalized spacial score (nSPS) is 19.9. The Hall–Kier alpha value is -2.73. The molecule has 1 saturated heterocycles. The van der Waals surface area contributed by atoms with Crippen LogP contribution in [0.1, 0.15) is 23.5 Å². The van der Waals surface area contributed by atoms with Gasteiger partial charge in [-0.1, -0.05) is 6.07 Å². The van der Waals surface area contributed by atoms with Crippen LogP contribution in [0.15, 0.2) is 67.0 Å². The van der Waals surface area contributed by atoms with Crippen LogP contribution >= 0.6 is 12.2 Å². The van der Waals surface area contributed by atoms with Gasteiger partial charge in [0.15, 0.2) is 5.11 Å². The number of benzene rings is 1. The van der Waals surface area contributed by atoms with Gasteiger partial charge in [0.1, 0.15) is 5.82 Å². The van der Waals surface area contributed by atoms with Crippen LogP contribution in [-0.2, 0) is 0 Å². The van der Waals surface area contributed by atoms with Crippen molar-refractivity contribution in [2.45, 2.75) is 12.1 Å². The molecule has 1 aliphatic heterocycles. The number of hydrogen-bond donors (Lipinski definition) is 1. The van der Waals surface area contributed by atoms with E-state index in [1.165, 1.54) is 12.1 Å². The van der Waals surface area contributed by atoms with Crippen molar-refractivity contribution in [3.8, 4) is 5.69 Å². The monoisotopic (exact) mass is 352 g/mol. The maximum atomic E-state index is 13.3. The van der Waals surface area contributed by atoms with Crippen molar-refractivity contribution < 1.29 is 4.39 Å². The highest BCUT2D eigenvalue weighted by Gasteiger charge is 2.39. The van der Waals surface area contributed by atoms with E-state index in [0.717, 1.165) is 17.1 Å². The first kappa shape index (κ1) is 15.8. The van der Waals surface area contributed by atoms with Crippen molar-refractivity contribution in [2.75, 3.05) is 7.05 Å². The predicted molar refractivity (Wildman–Crippen MR) is 98.9 cm³/mol. The number of aromatic nitrogens is 2. The zero-order valence-electron chi connectivity index (χ0n) is 13.6. The van der Waals surface area contributed by atoms with Gasteiger partial charge in [0, 0.05) is 30.8 Å². The Morgan fingerprint density at radius 1 is 1.08 bits per heavy atom. The molecule has 4 nitrogen and oxygen atoms in total. The van der Waals surface area contributed by atoms with Gasteiger partial charge >= 0.3 is 0 Å². The van der Waals surface area contributed by atoms with Crippen LogP contribution in [0.3, 0.4) is 0 Å². The molecule has 1 fully saturated rings. The Morgan fingerprint density at radius 3 is 2.60 bits per heavy atom. The van der Waals surface area contributed by atoms with Gasteiger partial charge in [-0.15, -0.1) is 0 Å². The number of likely N-dealkylation sites (N-methyl/N-ethyl adjacent to an activating group) is 1. The fourth-order valence-corrected chi connectivity index (χ4v) is 3.54. The highest BCUT2D eigenvalue weighted by molar-refractivity contribution is 7.80. The maximum absolute atomic E-state index is 13.3. The summed E-state index contributed by atoms with van der Waals surface area (Å²) < 4.78 is 15.3. The van der Waals surface area contributed by atoms with Gasteiger partial charge in [-0.3, -0.25) is 4.98 Å². The molecular weight excluding hydrogens is 335 g/mol. The zero-order chi connectivity index (χ0) is 17.4. The fourth-order valence-electron chi connectivity index (χ4n) is 3.30. The van der Waals surface area contributed by atoms with Crippen LogP contribution in [0.5, 0.6) is 0 Å². The van der Waals surface area contributed by atoms with Gasteiger partial charge in [0.25, 0.3) is 0 Å². The summed E-state index contributed by atoms with van der Waals surface area (Å²) in [5, 5.41) is 4.06. The first-order valence-corrected chi connectivity index (χ1v) is 8.43. The van der Waals surface area contributed by atoms with Gasteiger partial charge in [-0.2, -0.15) is 0 Å². The number of nitrogens with one attached hydrogen (secondary N) is 1. The largest absolute Gasteiger partial charge is 0.352 e. The second kappa shape index (κ2) is 6.29. The van der Waals surface area contributed by atoms with E-state index in [1.54, 1.807) is 18.3 Å². The summed E-state index contributed by atoms with van der Waals surface area (Å²) in [6.45, 7) is 0. The predicted octanol–water partition coefficient (Wildman–Crippen LogP) is 3.61. The Morgan fingerprint density at radius 2 is 1.88 bits per heavy atom. The molecule has 6 heteroatoms. The summed E-state index contributed by atoms with van der Waals surface area (Å²) in [4.78, 5) is 6.54. The van der Waals surface area contributed by atoms with E-state index < -0.39 is 0 Å². The highest BCUT2D eigenvalue weighted by atomic mass is 32.1. The van der Waals surface area contributed by atoms with Crippen LogP contribution in [0.2, 0.25) is 0 Å². The standard InChI is InChI=1S/C19H17FN4S/c1-23-18(17(22-19(23)25)15-5-2-3-11-21-15)16-6-4-12-24(16)14-9-7-13(20)8-10-14/h2-12,17-18H,1H3,(H,22,25)/t17-,18+/m1/s1. The molecule has 1 aliphatic rings. The van der Waals surface area contributed by atoms with Crippen molar-refractivity contribution >= 4 is 17.3 Å². The minimum Gasteiger partial charge on any atom is -0.352 e. The Kier molecular flexibility index (Phi) is 3.97. The number of thiocarbonyl (C=S) groups is 1. The number of nitrogens with zero attached hydrogens (tertiary/aromatic N) is 3. The van der Waals surface area contributed by atoms with E-state index in [9.17, 15) is 4.39 Å². The van der Waals surface area contributed by atoms with E-state index >= 15 is 0 Å². The molecule has 0 spiro atoms. The molecule has 2 aromatic heterocycles. The lowest BCUT2D eigenvalue weighted by Gasteiger charge is -2.25. The molecule has 1 N–H and O–H groups in total. The van der Waals surface area contributed by atoms with Crippen molar-refractivity contribution in [3.05, 3.63) is 84.2 Å². The van der Waals surface area contributed by atoms with Crippen LogP contribution in [-0.4, -0.2) is 26.6 Å². The molecule has 25 heavy (non-hydrogen) atoms. The lowest BCUT2D eigenvalue weighted by molar-refractivity contribution is 0.357. The Bertz CT molecular complexity index is 891. The molecule has 3 heterocycles. The third kappa shape index (κ3) is 2.78. The van der Waals surface area contributed by atoms with Crippen molar-refractivity contribution in [3.63, 3.8) is 0 Å². The summed E-state index contributed by atoms with van der Waals surface area (Å²) in [5.41, 5.74) is 2.91. The van der Waals surface area contributed by atoms with E-state index in [1.807, 2.05) is 42.4 Å². The Labute approximate surface area is 150 Å². The van der Waals surface area contributed by atoms with Crippen molar-refractivity contribution in [1.82, 2.24) is 19.8 Å². The molecule has 4 rings (SSSR count). The van der Waals surface area contributed by atoms with Crippen LogP contribution in [0, 0.1) is 5.82 Å². The second-order valence-electron chi connectivity index (χ2n) is 6.02. The topological polar surface area (TPSA) is 33.1 Å². The van der Waals surface area contributed by atoms with Gasteiger partial charge < -0.3 is 14.8 Å². The molecule has 1 aromatic carbocycles. The number of halogens is 1. The average molecular weight is 352 g/mol. The quantitative estimate of drug-likeness (QED) is 0.730. The van der Waals surface area contributed by atoms with E-state index in [2.05, 4.69) is 20.9 Å². The summed E-state index contributed by atoms with van der Waals surface area (Å²) >= 11 is 5.48. The molecule has 0 amide bonds. The van der Waals surface area contributed by atoms with E-state index in [-0.39, 0.29) is 17.9 Å². The summed E-state index contributed by atoms with van der Waals surface area (Å²) in [7, 11) is 1.98. The summed E-state index contributed by atoms with van der Waals surface area (Å²) in [6.07, 6.45) is 3.77. The van der Waals surface area contributed by atoms with Crippen molar-refractivity contribution in [2.24, 2.45) is 0 Å². The Balaban J connectivity index is 1.78. The molecule has 126 valence electrons. The van der Waals surface area contributed by atoms with Crippen molar-refractivity contribution in [1.29, 1.82) is 0 Å². The molecule has 0 bridgehead atoms. The van der Waals surface area contributed by atoms with Gasteiger partial charge in [0.2, 0.25) is 0 Å². The first-order valence-electron chi connectivity index (χ1n) is 8.02. The molecule has 0 saturated carbocycles. The second-order valence-corrected chi connectivity index (χ2v) is 6.40. The van der Waals surface area contributed by atoms with Crippen LogP contribution < -0.4 is 5.32 Å². The molecule has 0 radical (unpaired) electrons. The lowest BCUT2D eigenvalue weighted by Crippen LogP contribution is -2.25. The summed E-state index contributed by atoms with van der Waals surface area (Å²) in [6, 6.07) is 16.3. The van der Waals surface area contributed by atoms with Gasteiger partial charge in [-0.25, -0.2) is 4.39 Å². The van der Waals surface area contributed by atoms with Gasteiger partial charge in [-0.05, 0) is 60.7 Å². The third-order valence-corrected chi connectivity index (χ3v) is 4.93. The van der Waals surface area contributed by atoms with Gasteiger partial charge in [0.05, 0.1) is 17.8 Å². The van der Waals surface area contributed by atoms with Crippen LogP contribution in [0.4, 0.5) is 4.39 Å². The molecule has 2 atom stereocenters. The smallest absolute Gasteiger partial charge is 0.169 e. The third-order valence-electron chi connectivity index (χ3n) is 4.53. The number of rotatable bonds is 3. The summed E-state index contributed by atoms with van der Waals surface area (Å²) in [5.74, 6) is -0.246. The highest BCUT2D eigenvalue weighted by Crippen LogP contribution is 2.38. The minimum atomic E-state index is -0.246. The molecule has 0 unspecified atom stereocenters. The lowest BCUT2D eigenvalue weighted by atomic mass is 10.0. The van der Waals surface area contributed by atoms with Crippen LogP contribution in [0.25, 0.3) is 5.69 Å². The van der Waals surface area contributed by atoms with E-state index in [0.29, 0.717) is 5.11 Å². The molecule has 0 aliphatic carbocycles. The van der Waals surface area contributed by atoms with E-state index in [4.69, 9.17) is 12.2 Å². The minimum absolute atomic E-state index is 0.0116. The average Bonchev–Trinajstić information content (AvgIpc) is 3.22. The number of hydrogen-bond acceptors (Lipinski definition) is 2. The maximum Gasteiger partial charge on any atom is 0.169 e. The fraction of sp³-hybridized carbons (Fsp3) is 0.158.